The summed E-state index contributed by atoms with van der Waals surface area (Å²) < 4.78 is 39.2. The van der Waals surface area contributed by atoms with Crippen molar-refractivity contribution in [2.45, 2.75) is 36.4 Å². The predicted molar refractivity (Wildman–Crippen MR) is 117 cm³/mol. The molecule has 0 radical (unpaired) electrons. The number of nitrogens with one attached hydrogen (secondary N) is 2. The van der Waals surface area contributed by atoms with E-state index in [0.717, 1.165) is 40.8 Å². The lowest BCUT2D eigenvalue weighted by atomic mass is 9.81. The largest absolute Gasteiger partial charge is 0.454 e. The summed E-state index contributed by atoms with van der Waals surface area (Å²) in [5.74, 6) is 1.71. The molecule has 1 saturated carbocycles. The molecule has 4 rings (SSSR count). The molecule has 2 N–H and O–H groups in total. The van der Waals surface area contributed by atoms with Gasteiger partial charge in [-0.3, -0.25) is 4.79 Å². The van der Waals surface area contributed by atoms with Crippen molar-refractivity contribution in [3.8, 4) is 11.5 Å². The van der Waals surface area contributed by atoms with E-state index in [2.05, 4.69) is 26.0 Å². The molecule has 1 aliphatic carbocycles. The van der Waals surface area contributed by atoms with Crippen molar-refractivity contribution in [1.82, 2.24) is 10.0 Å². The minimum absolute atomic E-state index is 0.0277. The van der Waals surface area contributed by atoms with Crippen LogP contribution in [0.1, 0.15) is 31.2 Å². The first-order chi connectivity index (χ1) is 14.4. The number of carbonyl (C=O) groups is 1. The van der Waals surface area contributed by atoms with Crippen LogP contribution in [0.15, 0.2) is 38.3 Å². The minimum Gasteiger partial charge on any atom is -0.454 e. The number of rotatable bonds is 7. The Bertz CT molecular complexity index is 1020. The first kappa shape index (κ1) is 21.6. The van der Waals surface area contributed by atoms with Crippen LogP contribution in [0.25, 0.3) is 0 Å². The fraction of sp³-hybridized carbons (Fsp3) is 0.450. The van der Waals surface area contributed by atoms with Crippen molar-refractivity contribution in [1.29, 1.82) is 0 Å². The van der Waals surface area contributed by atoms with E-state index >= 15 is 0 Å². The number of amides is 1. The van der Waals surface area contributed by atoms with Gasteiger partial charge < -0.3 is 14.8 Å². The molecule has 2 aliphatic rings. The summed E-state index contributed by atoms with van der Waals surface area (Å²) in [6.07, 6.45) is 3.20. The Balaban J connectivity index is 1.21. The number of hydrogen-bond donors (Lipinski definition) is 2. The number of fused-ring (bicyclic) bond motifs is 1. The Labute approximate surface area is 188 Å². The van der Waals surface area contributed by atoms with Gasteiger partial charge in [0.2, 0.25) is 22.7 Å². The first-order valence-electron chi connectivity index (χ1n) is 9.82. The predicted octanol–water partition coefficient (Wildman–Crippen LogP) is 3.64. The number of hydrogen-bond acceptors (Lipinski definition) is 6. The highest BCUT2D eigenvalue weighted by Gasteiger charge is 2.27. The van der Waals surface area contributed by atoms with Crippen LogP contribution in [0.3, 0.4) is 0 Å². The Hall–Kier alpha value is -1.62. The third kappa shape index (κ3) is 5.16. The summed E-state index contributed by atoms with van der Waals surface area (Å²) >= 11 is 4.48. The molecule has 10 heteroatoms. The molecule has 0 unspecified atom stereocenters. The fourth-order valence-electron chi connectivity index (χ4n) is 3.75. The highest BCUT2D eigenvalue weighted by Crippen LogP contribution is 2.33. The van der Waals surface area contributed by atoms with E-state index in [1.807, 2.05) is 18.2 Å². The van der Waals surface area contributed by atoms with Crippen LogP contribution in [0.2, 0.25) is 0 Å². The normalized spacial score (nSPS) is 20.8. The number of sulfonamides is 1. The van der Waals surface area contributed by atoms with Crippen LogP contribution in [0.5, 0.6) is 11.5 Å². The Morgan fingerprint density at radius 1 is 1.10 bits per heavy atom. The van der Waals surface area contributed by atoms with Crippen molar-refractivity contribution in [3.63, 3.8) is 0 Å². The van der Waals surface area contributed by atoms with E-state index in [4.69, 9.17) is 9.47 Å². The average molecular weight is 515 g/mol. The van der Waals surface area contributed by atoms with Gasteiger partial charge in [0.25, 0.3) is 0 Å². The number of ether oxygens (including phenoxy) is 2. The molecule has 1 aliphatic heterocycles. The maximum Gasteiger partial charge on any atom is 0.250 e. The van der Waals surface area contributed by atoms with Gasteiger partial charge in [-0.2, -0.15) is 0 Å². The Morgan fingerprint density at radius 2 is 1.87 bits per heavy atom. The zero-order chi connectivity index (χ0) is 21.1. The molecular weight excluding hydrogens is 492 g/mol. The highest BCUT2D eigenvalue weighted by atomic mass is 79.9. The minimum atomic E-state index is -3.47. The Morgan fingerprint density at radius 3 is 2.60 bits per heavy atom. The summed E-state index contributed by atoms with van der Waals surface area (Å²) in [7, 11) is -3.47. The summed E-state index contributed by atoms with van der Waals surface area (Å²) in [5.41, 5.74) is 0.968. The molecule has 162 valence electrons. The van der Waals surface area contributed by atoms with Crippen LogP contribution in [0, 0.1) is 11.8 Å². The van der Waals surface area contributed by atoms with Crippen LogP contribution >= 0.6 is 27.3 Å². The van der Waals surface area contributed by atoms with Crippen LogP contribution < -0.4 is 19.5 Å². The third-order valence-electron chi connectivity index (χ3n) is 5.50. The molecule has 1 amide bonds. The molecule has 0 spiro atoms. The van der Waals surface area contributed by atoms with Gasteiger partial charge in [0.1, 0.15) is 4.21 Å². The second-order valence-corrected chi connectivity index (χ2v) is 12.0. The van der Waals surface area contributed by atoms with Gasteiger partial charge in [0, 0.05) is 19.0 Å². The number of carbonyl (C=O) groups excluding carboxylic acids is 1. The van der Waals surface area contributed by atoms with E-state index < -0.39 is 10.0 Å². The van der Waals surface area contributed by atoms with Crippen LogP contribution in [-0.2, 0) is 21.4 Å². The standard InChI is InChI=1S/C20H23BrN2O5S2/c21-18-7-8-19(29-18)30(25,26)23-11-13-1-4-15(5-2-13)20(24)22-10-14-3-6-16-17(9-14)28-12-27-16/h3,6-9,13,15,23H,1-2,4-5,10-12H2,(H,22,24). The summed E-state index contributed by atoms with van der Waals surface area (Å²) in [4.78, 5) is 12.5. The van der Waals surface area contributed by atoms with Gasteiger partial charge in [-0.05, 0) is 77.4 Å². The molecule has 0 atom stereocenters. The maximum atomic E-state index is 12.5. The van der Waals surface area contributed by atoms with Gasteiger partial charge in [0.15, 0.2) is 11.5 Å². The highest BCUT2D eigenvalue weighted by molar-refractivity contribution is 9.11. The van der Waals surface area contributed by atoms with Gasteiger partial charge in [0.05, 0.1) is 3.79 Å². The van der Waals surface area contributed by atoms with Crippen molar-refractivity contribution < 1.29 is 22.7 Å². The second-order valence-electron chi connectivity index (χ2n) is 7.53. The molecule has 1 aromatic heterocycles. The van der Waals surface area contributed by atoms with Crippen molar-refractivity contribution in [2.75, 3.05) is 13.3 Å². The third-order valence-corrected chi connectivity index (χ3v) is 9.04. The lowest BCUT2D eigenvalue weighted by Gasteiger charge is -2.27. The van der Waals surface area contributed by atoms with Gasteiger partial charge in [-0.25, -0.2) is 13.1 Å². The summed E-state index contributed by atoms with van der Waals surface area (Å²) in [6, 6.07) is 8.98. The topological polar surface area (TPSA) is 93.7 Å². The monoisotopic (exact) mass is 514 g/mol. The SMILES string of the molecule is O=C(NCc1ccc2c(c1)OCO2)C1CCC(CNS(=O)(=O)c2ccc(Br)s2)CC1. The molecule has 1 fully saturated rings. The van der Waals surface area contributed by atoms with Crippen molar-refractivity contribution in [3.05, 3.63) is 39.7 Å². The van der Waals surface area contributed by atoms with Gasteiger partial charge >= 0.3 is 0 Å². The lowest BCUT2D eigenvalue weighted by molar-refractivity contribution is -0.126. The maximum absolute atomic E-state index is 12.5. The molecule has 0 bridgehead atoms. The van der Waals surface area contributed by atoms with Gasteiger partial charge in [-0.1, -0.05) is 6.07 Å². The molecule has 2 heterocycles. The molecule has 30 heavy (non-hydrogen) atoms. The van der Waals surface area contributed by atoms with E-state index in [9.17, 15) is 13.2 Å². The molecule has 7 nitrogen and oxygen atoms in total. The average Bonchev–Trinajstić information content (AvgIpc) is 3.39. The number of halogens is 1. The molecule has 1 aromatic carbocycles. The smallest absolute Gasteiger partial charge is 0.250 e. The first-order valence-corrected chi connectivity index (χ1v) is 12.9. The van der Waals surface area contributed by atoms with E-state index in [1.165, 1.54) is 11.3 Å². The number of benzene rings is 1. The molecule has 2 aromatic rings. The lowest BCUT2D eigenvalue weighted by Crippen LogP contribution is -2.35. The zero-order valence-corrected chi connectivity index (χ0v) is 19.4. The van der Waals surface area contributed by atoms with Crippen molar-refractivity contribution >= 4 is 43.2 Å². The molecular formula is C20H23BrN2O5S2. The molecule has 0 saturated heterocycles. The fourth-order valence-corrected chi connectivity index (χ4v) is 6.92. The Kier molecular flexibility index (Phi) is 6.66. The summed E-state index contributed by atoms with van der Waals surface area (Å²) in [6.45, 7) is 1.09. The summed E-state index contributed by atoms with van der Waals surface area (Å²) in [5, 5.41) is 3.00. The quantitative estimate of drug-likeness (QED) is 0.588. The number of thiophene rings is 1. The van der Waals surface area contributed by atoms with Crippen LogP contribution in [-0.4, -0.2) is 27.7 Å². The van der Waals surface area contributed by atoms with Crippen molar-refractivity contribution in [2.24, 2.45) is 11.8 Å². The van der Waals surface area contributed by atoms with E-state index in [1.54, 1.807) is 12.1 Å². The zero-order valence-electron chi connectivity index (χ0n) is 16.2. The second kappa shape index (κ2) is 9.25. The van der Waals surface area contributed by atoms with Crippen LogP contribution in [0.4, 0.5) is 0 Å². The van der Waals surface area contributed by atoms with E-state index in [0.29, 0.717) is 23.0 Å². The van der Waals surface area contributed by atoms with E-state index in [-0.39, 0.29) is 24.5 Å². The van der Waals surface area contributed by atoms with Gasteiger partial charge in [-0.15, -0.1) is 11.3 Å².